The van der Waals surface area contributed by atoms with Crippen molar-refractivity contribution >= 4 is 31.3 Å². The second-order valence-corrected chi connectivity index (χ2v) is 28.4. The highest BCUT2D eigenvalue weighted by Gasteiger charge is 2.55. The van der Waals surface area contributed by atoms with E-state index in [9.17, 15) is 14.7 Å². The molecule has 16 nitrogen and oxygen atoms in total. The molecule has 17 heteroatoms. The number of nitrogens with zero attached hydrogens (tertiary/aromatic N) is 9. The zero-order valence-electron chi connectivity index (χ0n) is 43.4. The van der Waals surface area contributed by atoms with Gasteiger partial charge < -0.3 is 30.7 Å². The number of aromatic amines is 1. The molecule has 10 rings (SSSR count). The number of amides is 1. The van der Waals surface area contributed by atoms with E-state index in [1.54, 1.807) is 17.1 Å². The number of nitrogen functional groups attached to an aromatic ring is 1. The Morgan fingerprint density at radius 1 is 0.831 bits per heavy atom. The Balaban J connectivity index is 0.000000149. The zero-order valence-corrected chi connectivity index (χ0v) is 44.4. The van der Waals surface area contributed by atoms with Crippen molar-refractivity contribution in [3.05, 3.63) is 130 Å². The SMILES string of the molecule is CC12Cc3c(c(C(=O)O)nn3COCC[Si](C)(C)C)CC1C2.CN(C)CCC(c1ccccc1)n1cc(N)cn1.CN(C)CCC(c1ccccc1)n1cc(NC(=O)c2n[nH]c3c2CC2CC2(C)C3)cn1. The number of hydrogen-bond donors (Lipinski definition) is 4. The number of carboxylic acids is 1. The fourth-order valence-corrected chi connectivity index (χ4v) is 11.1. The molecule has 4 aromatic heterocycles. The van der Waals surface area contributed by atoms with E-state index in [1.807, 2.05) is 33.9 Å². The average Bonchev–Trinajstić information content (AvgIpc) is 3.70. The van der Waals surface area contributed by atoms with Crippen LogP contribution in [0.1, 0.15) is 106 Å². The van der Waals surface area contributed by atoms with Gasteiger partial charge in [-0.25, -0.2) is 9.48 Å². The van der Waals surface area contributed by atoms with Crippen molar-refractivity contribution in [2.75, 3.05) is 58.9 Å². The molecule has 4 heterocycles. The van der Waals surface area contributed by atoms with Gasteiger partial charge in [0.25, 0.3) is 5.91 Å². The highest BCUT2D eigenvalue weighted by Crippen LogP contribution is 2.60. The summed E-state index contributed by atoms with van der Waals surface area (Å²) in [6.45, 7) is 14.7. The largest absolute Gasteiger partial charge is 0.476 e. The summed E-state index contributed by atoms with van der Waals surface area (Å²) < 4.78 is 11.5. The van der Waals surface area contributed by atoms with Gasteiger partial charge in [-0.1, -0.05) is 94.2 Å². The van der Waals surface area contributed by atoms with E-state index in [0.29, 0.717) is 46.5 Å². The van der Waals surface area contributed by atoms with Crippen molar-refractivity contribution in [2.45, 2.75) is 110 Å². The lowest BCUT2D eigenvalue weighted by atomic mass is 9.87. The number of nitrogens with two attached hydrogens (primary N) is 1. The second kappa shape index (κ2) is 21.5. The predicted octanol–water partition coefficient (Wildman–Crippen LogP) is 8.55. The van der Waals surface area contributed by atoms with Gasteiger partial charge in [-0.3, -0.25) is 19.3 Å². The van der Waals surface area contributed by atoms with Crippen molar-refractivity contribution in [1.29, 1.82) is 0 Å². The van der Waals surface area contributed by atoms with E-state index in [-0.39, 0.29) is 23.7 Å². The summed E-state index contributed by atoms with van der Waals surface area (Å²) in [7, 11) is 7.21. The molecule has 4 aliphatic rings. The first kappa shape index (κ1) is 51.5. The molecule has 0 spiro atoms. The molecule has 0 radical (unpaired) electrons. The van der Waals surface area contributed by atoms with Gasteiger partial charge in [0.05, 0.1) is 35.9 Å². The number of hydrogen-bond acceptors (Lipinski definition) is 10. The smallest absolute Gasteiger partial charge is 0.356 e. The summed E-state index contributed by atoms with van der Waals surface area (Å²) >= 11 is 0. The Morgan fingerprint density at radius 2 is 1.39 bits per heavy atom. The topological polar surface area (TPSA) is 190 Å². The fraction of sp³-hybridized carbons (Fsp3) is 0.519. The van der Waals surface area contributed by atoms with E-state index in [1.165, 1.54) is 24.0 Å². The number of rotatable bonds is 18. The molecular formula is C54H76N12O4Si. The van der Waals surface area contributed by atoms with Crippen molar-refractivity contribution in [1.82, 2.24) is 49.3 Å². The first-order valence-corrected chi connectivity index (χ1v) is 29.0. The highest BCUT2D eigenvalue weighted by atomic mass is 28.3. The van der Waals surface area contributed by atoms with Crippen LogP contribution in [0.3, 0.4) is 0 Å². The maximum absolute atomic E-state index is 13.0. The summed E-state index contributed by atoms with van der Waals surface area (Å²) in [5.41, 5.74) is 15.4. The molecule has 6 aromatic rings. The minimum absolute atomic E-state index is 0.111. The number of aromatic nitrogens is 8. The number of carbonyl (C=O) groups excluding carboxylic acids is 1. The van der Waals surface area contributed by atoms with Crippen molar-refractivity contribution in [2.24, 2.45) is 22.7 Å². The van der Waals surface area contributed by atoms with Crippen LogP contribution in [0.4, 0.5) is 11.4 Å². The van der Waals surface area contributed by atoms with Crippen LogP contribution in [0.25, 0.3) is 0 Å². The third-order valence-electron chi connectivity index (χ3n) is 15.1. The minimum atomic E-state index is -1.10. The van der Waals surface area contributed by atoms with E-state index >= 15 is 0 Å². The number of H-pyrrole nitrogens is 1. The molecule has 2 aromatic carbocycles. The number of carbonyl (C=O) groups is 2. The molecular weight excluding hydrogens is 909 g/mol. The number of ether oxygens (including phenoxy) is 1. The summed E-state index contributed by atoms with van der Waals surface area (Å²) in [6.07, 6.45) is 15.4. The molecule has 1 amide bonds. The van der Waals surface area contributed by atoms with Crippen LogP contribution in [0.15, 0.2) is 85.5 Å². The number of anilines is 2. The molecule has 0 saturated heterocycles. The second-order valence-electron chi connectivity index (χ2n) is 22.8. The summed E-state index contributed by atoms with van der Waals surface area (Å²) in [5.74, 6) is 0.256. The highest BCUT2D eigenvalue weighted by molar-refractivity contribution is 6.76. The summed E-state index contributed by atoms with van der Waals surface area (Å²) in [4.78, 5) is 28.8. The monoisotopic (exact) mass is 985 g/mol. The Kier molecular flexibility index (Phi) is 15.6. The summed E-state index contributed by atoms with van der Waals surface area (Å²) in [6, 6.07) is 22.3. The van der Waals surface area contributed by atoms with Gasteiger partial charge in [-0.15, -0.1) is 0 Å². The van der Waals surface area contributed by atoms with E-state index in [4.69, 9.17) is 10.5 Å². The summed E-state index contributed by atoms with van der Waals surface area (Å²) in [5, 5.41) is 33.1. The van der Waals surface area contributed by atoms with Gasteiger partial charge in [0.2, 0.25) is 0 Å². The Hall–Kier alpha value is -5.88. The fourth-order valence-electron chi connectivity index (χ4n) is 10.4. The Labute approximate surface area is 420 Å². The van der Waals surface area contributed by atoms with Gasteiger partial charge in [0.15, 0.2) is 11.4 Å². The number of benzene rings is 2. The predicted molar refractivity (Wildman–Crippen MR) is 281 cm³/mol. The molecule has 5 N–H and O–H groups in total. The maximum atomic E-state index is 13.0. The van der Waals surface area contributed by atoms with Crippen LogP contribution in [0.5, 0.6) is 0 Å². The molecule has 380 valence electrons. The molecule has 4 aliphatic carbocycles. The van der Waals surface area contributed by atoms with Gasteiger partial charge >= 0.3 is 5.97 Å². The maximum Gasteiger partial charge on any atom is 0.356 e. The third kappa shape index (κ3) is 12.8. The van der Waals surface area contributed by atoms with Crippen molar-refractivity contribution in [3.8, 4) is 0 Å². The van der Waals surface area contributed by atoms with Crippen LogP contribution in [0, 0.1) is 22.7 Å². The van der Waals surface area contributed by atoms with E-state index in [2.05, 4.69) is 151 Å². The van der Waals surface area contributed by atoms with Crippen LogP contribution >= 0.6 is 0 Å². The number of carboxylic acid groups (broad SMARTS) is 1. The molecule has 0 aliphatic heterocycles. The molecule has 6 atom stereocenters. The lowest BCUT2D eigenvalue weighted by Gasteiger charge is -2.20. The first-order valence-electron chi connectivity index (χ1n) is 25.3. The normalized spacial score (nSPS) is 21.3. The Morgan fingerprint density at radius 3 is 1.94 bits per heavy atom. The van der Waals surface area contributed by atoms with Crippen LogP contribution in [-0.2, 0) is 37.2 Å². The third-order valence-corrected chi connectivity index (χ3v) is 16.8. The van der Waals surface area contributed by atoms with Crippen molar-refractivity contribution < 1.29 is 19.4 Å². The quantitative estimate of drug-likeness (QED) is 0.0477. The standard InChI is InChI=1S/C24H30N6O.C16H26N2O3Si.C14H20N4/c1-24-12-17(24)11-19-20(13-24)27-28-22(19)23(31)26-18-14-25-30(15-18)21(9-10-29(2)3)16-7-5-4-6-8-16;1-16-8-11(16)7-12-13(9-16)18(17-14(12)15(19)20)10-21-5-6-22(2,3)4;1-17(2)9-8-14(12-6-4-3-5-7-12)18-11-13(15)10-16-18/h4-8,14-15,17,21H,9-13H2,1-3H3,(H,26,31)(H,27,28);11H,5-10H2,1-4H3,(H,19,20);3-7,10-11,14H,8-9,15H2,1-2H3. The van der Waals surface area contributed by atoms with E-state index in [0.717, 1.165) is 86.8 Å². The number of aromatic carboxylic acids is 1. The zero-order chi connectivity index (χ0) is 50.7. The molecule has 71 heavy (non-hydrogen) atoms. The van der Waals surface area contributed by atoms with E-state index < -0.39 is 14.0 Å². The van der Waals surface area contributed by atoms with Gasteiger partial charge in [-0.2, -0.15) is 20.4 Å². The lowest BCUT2D eigenvalue weighted by Crippen LogP contribution is -2.23. The molecule has 0 bridgehead atoms. The van der Waals surface area contributed by atoms with Crippen LogP contribution < -0.4 is 11.1 Å². The van der Waals surface area contributed by atoms with Gasteiger partial charge in [0.1, 0.15) is 6.73 Å². The molecule has 2 fully saturated rings. The Bertz CT molecular complexity index is 2740. The molecule has 6 unspecified atom stereocenters. The first-order chi connectivity index (χ1) is 33.8. The number of nitrogens with one attached hydrogen (secondary N) is 2. The average molecular weight is 985 g/mol. The van der Waals surface area contributed by atoms with Crippen LogP contribution in [-0.4, -0.2) is 122 Å². The van der Waals surface area contributed by atoms with Gasteiger partial charge in [0, 0.05) is 49.6 Å². The van der Waals surface area contributed by atoms with Crippen molar-refractivity contribution in [3.63, 3.8) is 0 Å². The minimum Gasteiger partial charge on any atom is -0.476 e. The van der Waals surface area contributed by atoms with Crippen LogP contribution in [0.2, 0.25) is 25.7 Å². The number of fused-ring (bicyclic) bond motifs is 4. The molecule has 2 saturated carbocycles. The lowest BCUT2D eigenvalue weighted by molar-refractivity contribution is 0.0667. The van der Waals surface area contributed by atoms with Gasteiger partial charge in [-0.05, 0) is 132 Å².